The molecule has 5 nitrogen and oxygen atoms in total. The highest BCUT2D eigenvalue weighted by atomic mass is 32.1. The maximum absolute atomic E-state index is 11.1. The first kappa shape index (κ1) is 13.6. The number of rotatable bonds is 4. The average molecular weight is 302 g/mol. The Morgan fingerprint density at radius 2 is 2.10 bits per heavy atom. The number of carboxylic acid groups (broad SMARTS) is 1. The van der Waals surface area contributed by atoms with Gasteiger partial charge in [-0.15, -0.1) is 11.3 Å². The van der Waals surface area contributed by atoms with Gasteiger partial charge in [0.1, 0.15) is 15.5 Å². The van der Waals surface area contributed by atoms with Crippen molar-refractivity contribution < 1.29 is 14.6 Å². The molecule has 2 aromatic heterocycles. The third kappa shape index (κ3) is 2.38. The lowest BCUT2D eigenvalue weighted by Gasteiger charge is -2.05. The highest BCUT2D eigenvalue weighted by Crippen LogP contribution is 2.30. The topological polar surface area (TPSA) is 64.4 Å². The van der Waals surface area contributed by atoms with E-state index in [0.29, 0.717) is 11.5 Å². The molecule has 6 heteroatoms. The van der Waals surface area contributed by atoms with Gasteiger partial charge in [-0.1, -0.05) is 0 Å². The summed E-state index contributed by atoms with van der Waals surface area (Å²) in [4.78, 5) is 12.3. The summed E-state index contributed by atoms with van der Waals surface area (Å²) in [7, 11) is 0. The molecule has 0 bridgehead atoms. The summed E-state index contributed by atoms with van der Waals surface area (Å²) in [6.45, 7) is 4.44. The van der Waals surface area contributed by atoms with Gasteiger partial charge in [0.05, 0.1) is 18.0 Å². The molecule has 0 spiro atoms. The van der Waals surface area contributed by atoms with Gasteiger partial charge in [0.2, 0.25) is 0 Å². The van der Waals surface area contributed by atoms with E-state index < -0.39 is 5.97 Å². The number of fused-ring (bicyclic) bond motifs is 1. The number of aryl methyl sites for hydroxylation is 1. The summed E-state index contributed by atoms with van der Waals surface area (Å²) in [5, 5.41) is 14.5. The van der Waals surface area contributed by atoms with Crippen LogP contribution in [-0.4, -0.2) is 27.5 Å². The Labute approximate surface area is 125 Å². The van der Waals surface area contributed by atoms with Crippen molar-refractivity contribution in [2.45, 2.75) is 13.8 Å². The first-order valence-electron chi connectivity index (χ1n) is 6.56. The van der Waals surface area contributed by atoms with Crippen LogP contribution in [0.2, 0.25) is 0 Å². The molecular formula is C15H14N2O3S. The summed E-state index contributed by atoms with van der Waals surface area (Å²) in [5.74, 6) is -0.104. The fourth-order valence-corrected chi connectivity index (χ4v) is 3.20. The van der Waals surface area contributed by atoms with E-state index in [1.165, 1.54) is 11.3 Å². The van der Waals surface area contributed by atoms with E-state index >= 15 is 0 Å². The lowest BCUT2D eigenvalue weighted by molar-refractivity contribution is 0.0702. The van der Waals surface area contributed by atoms with Crippen molar-refractivity contribution in [1.29, 1.82) is 0 Å². The fraction of sp³-hybridized carbons (Fsp3) is 0.200. The number of carboxylic acids is 1. The van der Waals surface area contributed by atoms with Crippen LogP contribution in [0.1, 0.15) is 22.3 Å². The number of thiophene rings is 1. The molecule has 0 atom stereocenters. The molecule has 0 unspecified atom stereocenters. The molecule has 0 amide bonds. The minimum absolute atomic E-state index is 0.324. The Morgan fingerprint density at radius 3 is 2.71 bits per heavy atom. The maximum atomic E-state index is 11.1. The number of aromatic carboxylic acids is 1. The first-order valence-corrected chi connectivity index (χ1v) is 7.37. The van der Waals surface area contributed by atoms with Gasteiger partial charge in [-0.05, 0) is 44.2 Å². The van der Waals surface area contributed by atoms with Gasteiger partial charge < -0.3 is 9.84 Å². The molecule has 2 heterocycles. The third-order valence-electron chi connectivity index (χ3n) is 3.15. The second kappa shape index (κ2) is 5.21. The molecule has 3 aromatic rings. The molecule has 0 saturated heterocycles. The van der Waals surface area contributed by atoms with Crippen LogP contribution >= 0.6 is 11.3 Å². The molecule has 0 radical (unpaired) electrons. The predicted octanol–water partition coefficient (Wildman–Crippen LogP) is 3.49. The number of ether oxygens (including phenoxy) is 1. The van der Waals surface area contributed by atoms with Crippen molar-refractivity contribution in [3.63, 3.8) is 0 Å². The summed E-state index contributed by atoms with van der Waals surface area (Å²) in [6, 6.07) is 9.27. The molecule has 0 aliphatic carbocycles. The number of hydrogen-bond donors (Lipinski definition) is 1. The van der Waals surface area contributed by atoms with E-state index in [0.717, 1.165) is 27.3 Å². The molecular weight excluding hydrogens is 288 g/mol. The van der Waals surface area contributed by atoms with Crippen molar-refractivity contribution in [3.8, 4) is 11.4 Å². The zero-order valence-electron chi connectivity index (χ0n) is 11.7. The van der Waals surface area contributed by atoms with Crippen LogP contribution in [0.15, 0.2) is 30.3 Å². The molecule has 0 fully saturated rings. The zero-order valence-corrected chi connectivity index (χ0v) is 12.5. The van der Waals surface area contributed by atoms with Crippen molar-refractivity contribution in [3.05, 3.63) is 40.9 Å². The smallest absolute Gasteiger partial charge is 0.345 e. The molecule has 0 aliphatic rings. The highest BCUT2D eigenvalue weighted by Gasteiger charge is 2.16. The molecule has 3 rings (SSSR count). The van der Waals surface area contributed by atoms with Gasteiger partial charge in [0.15, 0.2) is 0 Å². The van der Waals surface area contributed by atoms with Crippen LogP contribution in [0.3, 0.4) is 0 Å². The molecule has 1 N–H and O–H groups in total. The van der Waals surface area contributed by atoms with E-state index in [1.54, 1.807) is 10.7 Å². The number of aromatic nitrogens is 2. The second-order valence-corrected chi connectivity index (χ2v) is 5.59. The van der Waals surface area contributed by atoms with Crippen molar-refractivity contribution in [2.75, 3.05) is 6.61 Å². The van der Waals surface area contributed by atoms with E-state index in [4.69, 9.17) is 9.84 Å². The maximum Gasteiger partial charge on any atom is 0.345 e. The lowest BCUT2D eigenvalue weighted by Crippen LogP contribution is -1.97. The van der Waals surface area contributed by atoms with Gasteiger partial charge in [0.25, 0.3) is 0 Å². The van der Waals surface area contributed by atoms with Crippen molar-refractivity contribution in [1.82, 2.24) is 9.78 Å². The zero-order chi connectivity index (χ0) is 15.0. The standard InChI is InChI=1S/C15H14N2O3S/c1-3-20-11-6-4-10(5-7-11)17-14-12(9(2)16-17)8-13(21-14)15(18)19/h4-8H,3H2,1-2H3,(H,18,19). The van der Waals surface area contributed by atoms with Crippen LogP contribution in [-0.2, 0) is 0 Å². The van der Waals surface area contributed by atoms with Crippen molar-refractivity contribution in [2.24, 2.45) is 0 Å². The van der Waals surface area contributed by atoms with Crippen LogP contribution in [0.4, 0.5) is 0 Å². The molecule has 1 aromatic carbocycles. The van der Waals surface area contributed by atoms with Crippen LogP contribution in [0.5, 0.6) is 5.75 Å². The van der Waals surface area contributed by atoms with Gasteiger partial charge in [-0.2, -0.15) is 5.10 Å². The van der Waals surface area contributed by atoms with E-state index in [9.17, 15) is 4.79 Å². The molecule has 108 valence electrons. The first-order chi connectivity index (χ1) is 10.1. The SMILES string of the molecule is CCOc1ccc(-n2nc(C)c3cc(C(=O)O)sc32)cc1. The predicted molar refractivity (Wildman–Crippen MR) is 81.8 cm³/mol. The highest BCUT2D eigenvalue weighted by molar-refractivity contribution is 7.20. The largest absolute Gasteiger partial charge is 0.494 e. The van der Waals surface area contributed by atoms with E-state index in [-0.39, 0.29) is 0 Å². The molecule has 21 heavy (non-hydrogen) atoms. The third-order valence-corrected chi connectivity index (χ3v) is 4.25. The average Bonchev–Trinajstić information content (AvgIpc) is 3.02. The number of benzene rings is 1. The Bertz CT molecular complexity index is 802. The fourth-order valence-electron chi connectivity index (χ4n) is 2.18. The Balaban J connectivity index is 2.08. The monoisotopic (exact) mass is 302 g/mol. The minimum atomic E-state index is -0.908. The number of nitrogens with zero attached hydrogens (tertiary/aromatic N) is 2. The minimum Gasteiger partial charge on any atom is -0.494 e. The van der Waals surface area contributed by atoms with Gasteiger partial charge in [-0.3, -0.25) is 0 Å². The Kier molecular flexibility index (Phi) is 3.39. The number of hydrogen-bond acceptors (Lipinski definition) is 4. The molecule has 0 aliphatic heterocycles. The Morgan fingerprint density at radius 1 is 1.38 bits per heavy atom. The van der Waals surface area contributed by atoms with Gasteiger partial charge in [-0.25, -0.2) is 9.48 Å². The normalized spacial score (nSPS) is 11.0. The number of carbonyl (C=O) groups is 1. The summed E-state index contributed by atoms with van der Waals surface area (Å²) >= 11 is 1.23. The Hall–Kier alpha value is -2.34. The summed E-state index contributed by atoms with van der Waals surface area (Å²) in [6.07, 6.45) is 0. The molecule has 0 saturated carbocycles. The second-order valence-electron chi connectivity index (χ2n) is 4.56. The van der Waals surface area contributed by atoms with Gasteiger partial charge in [0, 0.05) is 5.39 Å². The van der Waals surface area contributed by atoms with Gasteiger partial charge >= 0.3 is 5.97 Å². The lowest BCUT2D eigenvalue weighted by atomic mass is 10.3. The summed E-state index contributed by atoms with van der Waals surface area (Å²) in [5.41, 5.74) is 1.71. The van der Waals surface area contributed by atoms with Crippen LogP contribution in [0.25, 0.3) is 15.9 Å². The van der Waals surface area contributed by atoms with Crippen LogP contribution in [0, 0.1) is 6.92 Å². The van der Waals surface area contributed by atoms with E-state index in [2.05, 4.69) is 5.10 Å². The van der Waals surface area contributed by atoms with Crippen LogP contribution < -0.4 is 4.74 Å². The van der Waals surface area contributed by atoms with E-state index in [1.807, 2.05) is 38.1 Å². The van der Waals surface area contributed by atoms with Crippen molar-refractivity contribution >= 4 is 27.5 Å². The summed E-state index contributed by atoms with van der Waals surface area (Å²) < 4.78 is 7.20. The quantitative estimate of drug-likeness (QED) is 0.801.